The van der Waals surface area contributed by atoms with Gasteiger partial charge in [0.25, 0.3) is 0 Å². The Balaban J connectivity index is 2.19. The predicted molar refractivity (Wildman–Crippen MR) is 84.7 cm³/mol. The summed E-state index contributed by atoms with van der Waals surface area (Å²) < 4.78 is 0. The summed E-state index contributed by atoms with van der Waals surface area (Å²) in [6.45, 7) is 14.5. The Labute approximate surface area is 125 Å². The summed E-state index contributed by atoms with van der Waals surface area (Å²) in [7, 11) is 0. The number of nitrogens with one attached hydrogen (secondary N) is 1. The van der Waals surface area contributed by atoms with Crippen LogP contribution in [0.15, 0.2) is 0 Å². The van der Waals surface area contributed by atoms with E-state index >= 15 is 0 Å². The van der Waals surface area contributed by atoms with Crippen LogP contribution in [-0.4, -0.2) is 61.2 Å². The van der Waals surface area contributed by atoms with E-state index in [1.807, 2.05) is 6.92 Å². The molecule has 0 amide bonds. The van der Waals surface area contributed by atoms with E-state index in [9.17, 15) is 5.26 Å². The van der Waals surface area contributed by atoms with Gasteiger partial charge in [0, 0.05) is 26.2 Å². The summed E-state index contributed by atoms with van der Waals surface area (Å²) >= 11 is 0. The fourth-order valence-electron chi connectivity index (χ4n) is 2.79. The van der Waals surface area contributed by atoms with E-state index in [2.05, 4.69) is 35.0 Å². The minimum atomic E-state index is -0.347. The van der Waals surface area contributed by atoms with E-state index < -0.39 is 0 Å². The molecule has 1 unspecified atom stereocenters. The molecule has 1 aliphatic rings. The van der Waals surface area contributed by atoms with E-state index in [1.165, 1.54) is 39.1 Å². The van der Waals surface area contributed by atoms with Crippen molar-refractivity contribution in [2.45, 2.75) is 52.0 Å². The molecule has 1 fully saturated rings. The minimum absolute atomic E-state index is 0.347. The van der Waals surface area contributed by atoms with Gasteiger partial charge in [-0.2, -0.15) is 5.26 Å². The van der Waals surface area contributed by atoms with E-state index in [0.717, 1.165) is 32.4 Å². The maximum atomic E-state index is 9.31. The molecule has 1 aliphatic heterocycles. The fraction of sp³-hybridized carbons (Fsp3) is 0.938. The van der Waals surface area contributed by atoms with Crippen molar-refractivity contribution in [1.82, 2.24) is 15.1 Å². The third kappa shape index (κ3) is 6.21. The average Bonchev–Trinajstić information content (AvgIpc) is 2.47. The number of nitrogens with zero attached hydrogens (tertiary/aromatic N) is 3. The maximum Gasteiger partial charge on any atom is 0.103 e. The standard InChI is InChI=1S/C16H32N4/c1-4-8-18-16(3,15-17)7-6-10-20-13-11-19(9-5-2)12-14-20/h18H,4-14H2,1-3H3. The van der Waals surface area contributed by atoms with E-state index in [-0.39, 0.29) is 5.54 Å². The van der Waals surface area contributed by atoms with Crippen molar-refractivity contribution in [3.63, 3.8) is 0 Å². The molecule has 0 bridgehead atoms. The lowest BCUT2D eigenvalue weighted by Gasteiger charge is -2.35. The zero-order valence-electron chi connectivity index (χ0n) is 13.6. The van der Waals surface area contributed by atoms with Crippen molar-refractivity contribution in [2.75, 3.05) is 45.8 Å². The highest BCUT2D eigenvalue weighted by atomic mass is 15.3. The van der Waals surface area contributed by atoms with Crippen molar-refractivity contribution < 1.29 is 0 Å². The zero-order valence-corrected chi connectivity index (χ0v) is 13.6. The first-order valence-corrected chi connectivity index (χ1v) is 8.24. The average molecular weight is 280 g/mol. The number of piperazine rings is 1. The van der Waals surface area contributed by atoms with Gasteiger partial charge in [-0.3, -0.25) is 5.32 Å². The molecule has 0 aromatic rings. The van der Waals surface area contributed by atoms with Gasteiger partial charge in [0.1, 0.15) is 5.54 Å². The van der Waals surface area contributed by atoms with Gasteiger partial charge >= 0.3 is 0 Å². The summed E-state index contributed by atoms with van der Waals surface area (Å²) in [5, 5.41) is 12.7. The molecule has 116 valence electrons. The number of rotatable bonds is 9. The second-order valence-corrected chi connectivity index (χ2v) is 6.16. The first kappa shape index (κ1) is 17.4. The minimum Gasteiger partial charge on any atom is -0.301 e. The van der Waals surface area contributed by atoms with Crippen molar-refractivity contribution in [1.29, 1.82) is 5.26 Å². The van der Waals surface area contributed by atoms with Crippen LogP contribution in [0.4, 0.5) is 0 Å². The normalized spacial score (nSPS) is 20.5. The summed E-state index contributed by atoms with van der Waals surface area (Å²) in [5.41, 5.74) is -0.347. The first-order valence-electron chi connectivity index (χ1n) is 8.24. The monoisotopic (exact) mass is 280 g/mol. The molecule has 4 heteroatoms. The molecule has 0 aliphatic carbocycles. The lowest BCUT2D eigenvalue weighted by Crippen LogP contribution is -2.47. The molecule has 1 atom stereocenters. The Morgan fingerprint density at radius 3 is 2.15 bits per heavy atom. The molecular formula is C16H32N4. The molecule has 0 saturated carbocycles. The third-order valence-electron chi connectivity index (χ3n) is 4.17. The van der Waals surface area contributed by atoms with Gasteiger partial charge in [-0.05, 0) is 52.2 Å². The van der Waals surface area contributed by atoms with Crippen molar-refractivity contribution in [2.24, 2.45) is 0 Å². The highest BCUT2D eigenvalue weighted by Gasteiger charge is 2.23. The van der Waals surface area contributed by atoms with Gasteiger partial charge in [0.05, 0.1) is 6.07 Å². The lowest BCUT2D eigenvalue weighted by molar-refractivity contribution is 0.129. The second-order valence-electron chi connectivity index (χ2n) is 6.16. The number of hydrogen-bond acceptors (Lipinski definition) is 4. The van der Waals surface area contributed by atoms with Crippen LogP contribution >= 0.6 is 0 Å². The molecule has 1 heterocycles. The second kappa shape index (κ2) is 9.33. The Hall–Kier alpha value is -0.630. The van der Waals surface area contributed by atoms with Crippen LogP contribution in [0.3, 0.4) is 0 Å². The number of hydrogen-bond donors (Lipinski definition) is 1. The van der Waals surface area contributed by atoms with E-state index in [0.29, 0.717) is 0 Å². The quantitative estimate of drug-likeness (QED) is 0.702. The van der Waals surface area contributed by atoms with Crippen LogP contribution < -0.4 is 5.32 Å². The Morgan fingerprint density at radius 2 is 1.65 bits per heavy atom. The molecule has 20 heavy (non-hydrogen) atoms. The Kier molecular flexibility index (Phi) is 8.13. The lowest BCUT2D eigenvalue weighted by atomic mass is 9.97. The maximum absolute atomic E-state index is 9.31. The molecule has 0 aromatic heterocycles. The van der Waals surface area contributed by atoms with Gasteiger partial charge in [-0.25, -0.2) is 0 Å². The molecule has 1 rings (SSSR count). The SMILES string of the molecule is CCCNC(C)(C#N)CCCN1CCN(CCC)CC1. The smallest absolute Gasteiger partial charge is 0.103 e. The van der Waals surface area contributed by atoms with Crippen LogP contribution in [0.5, 0.6) is 0 Å². The highest BCUT2D eigenvalue weighted by molar-refractivity contribution is 5.03. The Bertz CT molecular complexity index is 291. The number of nitriles is 1. The van der Waals surface area contributed by atoms with Crippen LogP contribution in [-0.2, 0) is 0 Å². The summed E-state index contributed by atoms with van der Waals surface area (Å²) in [5.74, 6) is 0. The van der Waals surface area contributed by atoms with Gasteiger partial charge in [-0.15, -0.1) is 0 Å². The summed E-state index contributed by atoms with van der Waals surface area (Å²) in [4.78, 5) is 5.10. The molecular weight excluding hydrogens is 248 g/mol. The Morgan fingerprint density at radius 1 is 1.05 bits per heavy atom. The van der Waals surface area contributed by atoms with Crippen molar-refractivity contribution in [3.8, 4) is 6.07 Å². The zero-order chi connectivity index (χ0) is 14.8. The van der Waals surface area contributed by atoms with Gasteiger partial charge in [0.15, 0.2) is 0 Å². The van der Waals surface area contributed by atoms with Crippen LogP contribution in [0.1, 0.15) is 46.5 Å². The van der Waals surface area contributed by atoms with Crippen molar-refractivity contribution in [3.05, 3.63) is 0 Å². The van der Waals surface area contributed by atoms with E-state index in [4.69, 9.17) is 0 Å². The van der Waals surface area contributed by atoms with Gasteiger partial charge in [-0.1, -0.05) is 13.8 Å². The molecule has 1 N–H and O–H groups in total. The summed E-state index contributed by atoms with van der Waals surface area (Å²) in [6, 6.07) is 2.44. The molecule has 0 aromatic carbocycles. The largest absolute Gasteiger partial charge is 0.301 e. The topological polar surface area (TPSA) is 42.3 Å². The van der Waals surface area contributed by atoms with Crippen LogP contribution in [0, 0.1) is 11.3 Å². The first-order chi connectivity index (χ1) is 9.63. The van der Waals surface area contributed by atoms with Crippen molar-refractivity contribution >= 4 is 0 Å². The van der Waals surface area contributed by atoms with E-state index in [1.54, 1.807) is 0 Å². The molecule has 1 saturated heterocycles. The van der Waals surface area contributed by atoms with Gasteiger partial charge in [0.2, 0.25) is 0 Å². The molecule has 4 nitrogen and oxygen atoms in total. The van der Waals surface area contributed by atoms with Crippen LogP contribution in [0.25, 0.3) is 0 Å². The summed E-state index contributed by atoms with van der Waals surface area (Å²) in [6.07, 6.45) is 4.38. The molecule has 0 radical (unpaired) electrons. The van der Waals surface area contributed by atoms with Gasteiger partial charge < -0.3 is 9.80 Å². The highest BCUT2D eigenvalue weighted by Crippen LogP contribution is 2.13. The van der Waals surface area contributed by atoms with Crippen LogP contribution in [0.2, 0.25) is 0 Å². The predicted octanol–water partition coefficient (Wildman–Crippen LogP) is 2.08. The molecule has 0 spiro atoms. The fourth-order valence-corrected chi connectivity index (χ4v) is 2.79. The third-order valence-corrected chi connectivity index (χ3v) is 4.17.